The van der Waals surface area contributed by atoms with Gasteiger partial charge >= 0.3 is 0 Å². The minimum Gasteiger partial charge on any atom is -0.471 e. The predicted molar refractivity (Wildman–Crippen MR) is 110 cm³/mol. The van der Waals surface area contributed by atoms with Gasteiger partial charge in [0.15, 0.2) is 18.2 Å². The molecule has 0 radical (unpaired) electrons. The van der Waals surface area contributed by atoms with Gasteiger partial charge in [0.25, 0.3) is 5.91 Å². The van der Waals surface area contributed by atoms with Gasteiger partial charge in [0.1, 0.15) is 22.4 Å². The van der Waals surface area contributed by atoms with Gasteiger partial charge in [0.2, 0.25) is 0 Å². The van der Waals surface area contributed by atoms with Gasteiger partial charge in [0, 0.05) is 12.4 Å². The summed E-state index contributed by atoms with van der Waals surface area (Å²) in [6.07, 6.45) is 3.14. The zero-order valence-corrected chi connectivity index (χ0v) is 16.8. The summed E-state index contributed by atoms with van der Waals surface area (Å²) in [6, 6.07) is 13.1. The molecule has 4 rings (SSSR count). The highest BCUT2D eigenvalue weighted by molar-refractivity contribution is 6.33. The van der Waals surface area contributed by atoms with E-state index in [0.29, 0.717) is 12.3 Å². The van der Waals surface area contributed by atoms with E-state index < -0.39 is 5.91 Å². The molecule has 0 spiro atoms. The number of benzene rings is 2. The van der Waals surface area contributed by atoms with Gasteiger partial charge in [-0.25, -0.2) is 13.5 Å². The number of anilines is 1. The lowest BCUT2D eigenvalue weighted by molar-refractivity contribution is 0.101. The lowest BCUT2D eigenvalue weighted by Crippen LogP contribution is -2.15. The van der Waals surface area contributed by atoms with E-state index in [2.05, 4.69) is 15.5 Å². The van der Waals surface area contributed by atoms with Gasteiger partial charge in [-0.1, -0.05) is 23.7 Å². The number of hydrogen-bond acceptors (Lipinski definition) is 4. The molecule has 0 saturated carbocycles. The molecule has 2 aromatic carbocycles. The van der Waals surface area contributed by atoms with E-state index in [0.717, 1.165) is 5.56 Å². The number of nitrogens with zero attached hydrogens (tertiary/aromatic N) is 4. The van der Waals surface area contributed by atoms with Crippen LogP contribution in [0.25, 0.3) is 0 Å². The van der Waals surface area contributed by atoms with Crippen molar-refractivity contribution in [2.75, 3.05) is 5.32 Å². The monoisotopic (exact) mass is 443 g/mol. The second-order valence-corrected chi connectivity index (χ2v) is 6.98. The minimum absolute atomic E-state index is 0.0476. The zero-order chi connectivity index (χ0) is 21.8. The summed E-state index contributed by atoms with van der Waals surface area (Å²) in [7, 11) is 0. The highest BCUT2D eigenvalue weighted by Gasteiger charge is 2.15. The largest absolute Gasteiger partial charge is 0.471 e. The molecule has 1 N–H and O–H groups in total. The van der Waals surface area contributed by atoms with Gasteiger partial charge < -0.3 is 10.1 Å². The first-order valence-electron chi connectivity index (χ1n) is 9.17. The molecule has 0 atom stereocenters. The number of carbonyl (C=O) groups is 1. The van der Waals surface area contributed by atoms with Crippen molar-refractivity contribution < 1.29 is 18.3 Å². The first-order valence-corrected chi connectivity index (χ1v) is 9.54. The third kappa shape index (κ3) is 5.26. The number of carbonyl (C=O) groups excluding carboxylic acids is 1. The Bertz CT molecular complexity index is 1190. The Labute approximate surface area is 180 Å². The van der Waals surface area contributed by atoms with Crippen molar-refractivity contribution in [3.05, 3.63) is 94.9 Å². The number of ether oxygens (including phenoxy) is 1. The number of amides is 1. The van der Waals surface area contributed by atoms with E-state index in [-0.39, 0.29) is 34.9 Å². The van der Waals surface area contributed by atoms with Crippen LogP contribution in [0.5, 0.6) is 5.75 Å². The summed E-state index contributed by atoms with van der Waals surface area (Å²) in [5.74, 6) is -0.511. The summed E-state index contributed by atoms with van der Waals surface area (Å²) >= 11 is 6.17. The lowest BCUT2D eigenvalue weighted by atomic mass is 10.2. The maximum atomic E-state index is 13.0. The maximum Gasteiger partial charge on any atom is 0.277 e. The van der Waals surface area contributed by atoms with Gasteiger partial charge in [-0.2, -0.15) is 10.2 Å². The molecular weight excluding hydrogens is 428 g/mol. The van der Waals surface area contributed by atoms with Gasteiger partial charge in [-0.3, -0.25) is 9.48 Å². The standard InChI is InChI=1S/C21H16ClF2N5O2/c22-18-12-29(11-14-1-3-15(23)4-2-14)27-20(18)25-21(30)19-9-10-28(26-19)13-31-17-7-5-16(24)6-8-17/h1-10,12H,11,13H2,(H,25,27,30). The zero-order valence-electron chi connectivity index (χ0n) is 16.0. The fourth-order valence-corrected chi connectivity index (χ4v) is 2.94. The van der Waals surface area contributed by atoms with Crippen molar-refractivity contribution in [2.24, 2.45) is 0 Å². The van der Waals surface area contributed by atoms with E-state index in [9.17, 15) is 13.6 Å². The molecule has 7 nitrogen and oxygen atoms in total. The van der Waals surface area contributed by atoms with Crippen LogP contribution in [-0.2, 0) is 13.3 Å². The normalized spacial score (nSPS) is 10.8. The van der Waals surface area contributed by atoms with Gasteiger partial charge in [-0.05, 0) is 48.0 Å². The highest BCUT2D eigenvalue weighted by atomic mass is 35.5. The van der Waals surface area contributed by atoms with Crippen molar-refractivity contribution in [3.63, 3.8) is 0 Å². The van der Waals surface area contributed by atoms with Crippen molar-refractivity contribution in [3.8, 4) is 5.75 Å². The molecule has 31 heavy (non-hydrogen) atoms. The second kappa shape index (κ2) is 8.97. The van der Waals surface area contributed by atoms with E-state index in [4.69, 9.17) is 16.3 Å². The molecule has 10 heteroatoms. The van der Waals surface area contributed by atoms with E-state index in [1.54, 1.807) is 29.2 Å². The highest BCUT2D eigenvalue weighted by Crippen LogP contribution is 2.21. The van der Waals surface area contributed by atoms with Crippen LogP contribution in [0.4, 0.5) is 14.6 Å². The minimum atomic E-state index is -0.491. The summed E-state index contributed by atoms with van der Waals surface area (Å²) in [4.78, 5) is 12.5. The van der Waals surface area contributed by atoms with Crippen LogP contribution in [0.2, 0.25) is 5.02 Å². The molecule has 4 aromatic rings. The van der Waals surface area contributed by atoms with Crippen molar-refractivity contribution >= 4 is 23.3 Å². The fraction of sp³-hybridized carbons (Fsp3) is 0.0952. The smallest absolute Gasteiger partial charge is 0.277 e. The topological polar surface area (TPSA) is 74.0 Å². The van der Waals surface area contributed by atoms with Crippen LogP contribution in [-0.4, -0.2) is 25.5 Å². The van der Waals surface area contributed by atoms with E-state index in [1.807, 2.05) is 0 Å². The quantitative estimate of drug-likeness (QED) is 0.461. The average molecular weight is 444 g/mol. The van der Waals surface area contributed by atoms with Crippen LogP contribution in [0.3, 0.4) is 0 Å². The molecule has 0 aliphatic heterocycles. The Morgan fingerprint density at radius 1 is 0.968 bits per heavy atom. The Balaban J connectivity index is 1.36. The molecule has 158 valence electrons. The molecule has 0 aliphatic rings. The molecule has 0 bridgehead atoms. The van der Waals surface area contributed by atoms with E-state index in [1.165, 1.54) is 47.1 Å². The third-order valence-electron chi connectivity index (χ3n) is 4.26. The average Bonchev–Trinajstić information content (AvgIpc) is 3.36. The van der Waals surface area contributed by atoms with Crippen molar-refractivity contribution in [1.29, 1.82) is 0 Å². The van der Waals surface area contributed by atoms with Crippen LogP contribution >= 0.6 is 11.6 Å². The molecule has 1 amide bonds. The first-order chi connectivity index (χ1) is 15.0. The molecule has 0 saturated heterocycles. The lowest BCUT2D eigenvalue weighted by Gasteiger charge is -2.05. The number of rotatable bonds is 7. The summed E-state index contributed by atoms with van der Waals surface area (Å²) in [5.41, 5.74) is 0.977. The van der Waals surface area contributed by atoms with Crippen LogP contribution in [0, 0.1) is 11.6 Å². The Morgan fingerprint density at radius 3 is 2.35 bits per heavy atom. The Hall–Kier alpha value is -3.72. The second-order valence-electron chi connectivity index (χ2n) is 6.57. The number of hydrogen-bond donors (Lipinski definition) is 1. The van der Waals surface area contributed by atoms with Crippen LogP contribution in [0.1, 0.15) is 16.1 Å². The molecule has 2 heterocycles. The molecular formula is C21H16ClF2N5O2. The van der Waals surface area contributed by atoms with Crippen LogP contribution < -0.4 is 10.1 Å². The van der Waals surface area contributed by atoms with Crippen molar-refractivity contribution in [1.82, 2.24) is 19.6 Å². The molecule has 2 aromatic heterocycles. The third-order valence-corrected chi connectivity index (χ3v) is 4.53. The number of aromatic nitrogens is 4. The number of nitrogens with one attached hydrogen (secondary N) is 1. The maximum absolute atomic E-state index is 13.0. The van der Waals surface area contributed by atoms with Gasteiger partial charge in [-0.15, -0.1) is 0 Å². The molecule has 0 fully saturated rings. The van der Waals surface area contributed by atoms with Gasteiger partial charge in [0.05, 0.1) is 6.54 Å². The molecule has 0 aliphatic carbocycles. The molecule has 0 unspecified atom stereocenters. The number of halogens is 3. The van der Waals surface area contributed by atoms with Crippen LogP contribution in [0.15, 0.2) is 67.0 Å². The summed E-state index contributed by atoms with van der Waals surface area (Å²) in [5, 5.41) is 11.3. The Kier molecular flexibility index (Phi) is 5.94. The predicted octanol–water partition coefficient (Wildman–Crippen LogP) is 4.35. The fourth-order valence-electron chi connectivity index (χ4n) is 2.74. The summed E-state index contributed by atoms with van der Waals surface area (Å²) < 4.78 is 34.4. The van der Waals surface area contributed by atoms with E-state index >= 15 is 0 Å². The SMILES string of the molecule is O=C(Nc1nn(Cc2ccc(F)cc2)cc1Cl)c1ccn(COc2ccc(F)cc2)n1. The van der Waals surface area contributed by atoms with Crippen molar-refractivity contribution in [2.45, 2.75) is 13.3 Å². The Morgan fingerprint density at radius 2 is 1.65 bits per heavy atom. The first kappa shape index (κ1) is 20.5. The summed E-state index contributed by atoms with van der Waals surface area (Å²) in [6.45, 7) is 0.414.